The van der Waals surface area contributed by atoms with Crippen molar-refractivity contribution in [2.24, 2.45) is 5.92 Å². The highest BCUT2D eigenvalue weighted by Crippen LogP contribution is 2.41. The molecule has 4 nitrogen and oxygen atoms in total. The van der Waals surface area contributed by atoms with Crippen LogP contribution in [0.4, 0.5) is 5.69 Å². The molecule has 1 atom stereocenters. The number of anilines is 1. The number of benzene rings is 1. The third-order valence-electron chi connectivity index (χ3n) is 3.56. The van der Waals surface area contributed by atoms with Crippen LogP contribution in [0.2, 0.25) is 0 Å². The second kappa shape index (κ2) is 6.59. The lowest BCUT2D eigenvalue weighted by Crippen LogP contribution is -2.30. The van der Waals surface area contributed by atoms with Crippen LogP contribution in [0, 0.1) is 5.92 Å². The van der Waals surface area contributed by atoms with Crippen molar-refractivity contribution < 1.29 is 4.79 Å². The molecule has 110 valence electrons. The van der Waals surface area contributed by atoms with Crippen molar-refractivity contribution in [2.45, 2.75) is 18.9 Å². The average Bonchev–Trinajstić information content (AvgIpc) is 3.31. The summed E-state index contributed by atoms with van der Waals surface area (Å²) in [7, 11) is 0. The zero-order chi connectivity index (χ0) is 13.9. The Bertz CT molecular complexity index is 597. The number of hydrogen-bond donors (Lipinski definition) is 2. The lowest BCUT2D eigenvalue weighted by atomic mass is 10.0. The first-order chi connectivity index (χ1) is 9.74. The van der Waals surface area contributed by atoms with Crippen LogP contribution in [0.1, 0.15) is 34.9 Å². The minimum absolute atomic E-state index is 0. The average molecular weight is 304 g/mol. The predicted octanol–water partition coefficient (Wildman–Crippen LogP) is 2.97. The smallest absolute Gasteiger partial charge is 0.270 e. The van der Waals surface area contributed by atoms with Crippen LogP contribution in [0.25, 0.3) is 0 Å². The van der Waals surface area contributed by atoms with Gasteiger partial charge < -0.3 is 11.1 Å². The van der Waals surface area contributed by atoms with E-state index in [-0.39, 0.29) is 24.4 Å². The molecule has 0 bridgehead atoms. The summed E-state index contributed by atoms with van der Waals surface area (Å²) in [6.07, 6.45) is 3.83. The molecule has 5 heteroatoms. The van der Waals surface area contributed by atoms with E-state index in [2.05, 4.69) is 22.4 Å². The third kappa shape index (κ3) is 3.73. The third-order valence-corrected chi connectivity index (χ3v) is 3.56. The molecule has 1 aromatic carbocycles. The summed E-state index contributed by atoms with van der Waals surface area (Å²) in [5.74, 6) is 0.390. The number of nitrogen functional groups attached to an aromatic ring is 1. The topological polar surface area (TPSA) is 68.0 Å². The summed E-state index contributed by atoms with van der Waals surface area (Å²) in [5.41, 5.74) is 7.70. The fourth-order valence-electron chi connectivity index (χ4n) is 2.32. The van der Waals surface area contributed by atoms with Gasteiger partial charge in [0.2, 0.25) is 0 Å². The van der Waals surface area contributed by atoms with Gasteiger partial charge in [0, 0.05) is 0 Å². The molecule has 1 aliphatic carbocycles. The first kappa shape index (κ1) is 15.3. The Hall–Kier alpha value is -2.07. The van der Waals surface area contributed by atoms with Crippen molar-refractivity contribution in [3.63, 3.8) is 0 Å². The Balaban J connectivity index is 0.00000161. The van der Waals surface area contributed by atoms with E-state index in [4.69, 9.17) is 5.73 Å². The molecule has 3 rings (SSSR count). The van der Waals surface area contributed by atoms with E-state index in [1.807, 2.05) is 18.2 Å². The van der Waals surface area contributed by atoms with E-state index >= 15 is 0 Å². The first-order valence-corrected chi connectivity index (χ1v) is 6.81. The minimum Gasteiger partial charge on any atom is -0.397 e. The molecule has 0 aliphatic heterocycles. The summed E-state index contributed by atoms with van der Waals surface area (Å²) in [4.78, 5) is 16.3. The van der Waals surface area contributed by atoms with Crippen LogP contribution < -0.4 is 11.1 Å². The van der Waals surface area contributed by atoms with Gasteiger partial charge in [-0.1, -0.05) is 30.3 Å². The van der Waals surface area contributed by atoms with Gasteiger partial charge in [-0.15, -0.1) is 12.4 Å². The Kier molecular flexibility index (Phi) is 4.81. The summed E-state index contributed by atoms with van der Waals surface area (Å²) < 4.78 is 0. The summed E-state index contributed by atoms with van der Waals surface area (Å²) in [6, 6.07) is 13.5. The molecule has 1 saturated carbocycles. The molecule has 1 amide bonds. The monoisotopic (exact) mass is 303 g/mol. The molecule has 1 aromatic heterocycles. The first-order valence-electron chi connectivity index (χ1n) is 6.81. The summed E-state index contributed by atoms with van der Waals surface area (Å²) in [6.45, 7) is 0. The molecule has 1 aliphatic rings. The predicted molar refractivity (Wildman–Crippen MR) is 85.3 cm³/mol. The van der Waals surface area contributed by atoms with Crippen LogP contribution >= 0.6 is 12.4 Å². The van der Waals surface area contributed by atoms with Crippen molar-refractivity contribution in [1.29, 1.82) is 0 Å². The van der Waals surface area contributed by atoms with E-state index in [9.17, 15) is 4.79 Å². The maximum Gasteiger partial charge on any atom is 0.270 e. The van der Waals surface area contributed by atoms with Crippen molar-refractivity contribution >= 4 is 24.0 Å². The summed E-state index contributed by atoms with van der Waals surface area (Å²) >= 11 is 0. The number of aromatic nitrogens is 1. The van der Waals surface area contributed by atoms with Gasteiger partial charge in [-0.2, -0.15) is 0 Å². The molecule has 2 aromatic rings. The van der Waals surface area contributed by atoms with E-state index < -0.39 is 0 Å². The van der Waals surface area contributed by atoms with Crippen LogP contribution in [-0.4, -0.2) is 10.9 Å². The molecule has 3 N–H and O–H groups in total. The second-order valence-corrected chi connectivity index (χ2v) is 5.18. The number of nitrogens with zero attached hydrogens (tertiary/aromatic N) is 1. The highest BCUT2D eigenvalue weighted by atomic mass is 35.5. The zero-order valence-corrected chi connectivity index (χ0v) is 12.3. The molecule has 1 heterocycles. The second-order valence-electron chi connectivity index (χ2n) is 5.18. The Morgan fingerprint density at radius 1 is 1.19 bits per heavy atom. The number of pyridine rings is 1. The maximum absolute atomic E-state index is 12.3. The minimum atomic E-state index is -0.147. The number of hydrogen-bond acceptors (Lipinski definition) is 3. The normalized spacial score (nSPS) is 14.9. The molecule has 1 fully saturated rings. The molecule has 1 unspecified atom stereocenters. The fourth-order valence-corrected chi connectivity index (χ4v) is 2.32. The van der Waals surface area contributed by atoms with Gasteiger partial charge in [0.25, 0.3) is 5.91 Å². The van der Waals surface area contributed by atoms with Gasteiger partial charge in [0.15, 0.2) is 0 Å². The number of carbonyl (C=O) groups excluding carboxylic acids is 1. The molecular formula is C16H18ClN3O. The van der Waals surface area contributed by atoms with Crippen LogP contribution in [0.5, 0.6) is 0 Å². The van der Waals surface area contributed by atoms with Crippen LogP contribution in [0.3, 0.4) is 0 Å². The zero-order valence-electron chi connectivity index (χ0n) is 11.5. The van der Waals surface area contributed by atoms with Gasteiger partial charge in [-0.25, -0.2) is 4.98 Å². The Morgan fingerprint density at radius 3 is 2.48 bits per heavy atom. The van der Waals surface area contributed by atoms with Crippen molar-refractivity contribution in [1.82, 2.24) is 10.3 Å². The highest BCUT2D eigenvalue weighted by Gasteiger charge is 2.33. The number of nitrogens with two attached hydrogens (primary N) is 1. The standard InChI is InChI=1S/C16H17N3O.ClH/c17-13-8-9-14(18-10-13)16(20)19-15(12-6-7-12)11-4-2-1-3-5-11;/h1-5,8-10,12,15H,6-7,17H2,(H,19,20);1H. The quantitative estimate of drug-likeness (QED) is 0.912. The fraction of sp³-hybridized carbons (Fsp3) is 0.250. The molecule has 0 saturated heterocycles. The van der Waals surface area contributed by atoms with Crippen molar-refractivity contribution in [3.8, 4) is 0 Å². The SMILES string of the molecule is Cl.Nc1ccc(C(=O)NC(c2ccccc2)C2CC2)nc1. The Labute approximate surface area is 130 Å². The van der Waals surface area contributed by atoms with Gasteiger partial charge >= 0.3 is 0 Å². The van der Waals surface area contributed by atoms with Gasteiger partial charge in [0.05, 0.1) is 17.9 Å². The number of halogens is 1. The largest absolute Gasteiger partial charge is 0.397 e. The number of rotatable bonds is 4. The lowest BCUT2D eigenvalue weighted by Gasteiger charge is -2.18. The van der Waals surface area contributed by atoms with E-state index in [1.165, 1.54) is 6.20 Å². The number of amides is 1. The van der Waals surface area contributed by atoms with Crippen molar-refractivity contribution in [3.05, 3.63) is 59.9 Å². The highest BCUT2D eigenvalue weighted by molar-refractivity contribution is 5.92. The van der Waals surface area contributed by atoms with E-state index in [1.54, 1.807) is 12.1 Å². The summed E-state index contributed by atoms with van der Waals surface area (Å²) in [5, 5.41) is 3.09. The molecule has 0 radical (unpaired) electrons. The molecule has 0 spiro atoms. The van der Waals surface area contributed by atoms with E-state index in [0.717, 1.165) is 18.4 Å². The molecular weight excluding hydrogens is 286 g/mol. The molecule has 21 heavy (non-hydrogen) atoms. The Morgan fingerprint density at radius 2 is 1.90 bits per heavy atom. The number of carbonyl (C=O) groups is 1. The maximum atomic E-state index is 12.3. The number of nitrogens with one attached hydrogen (secondary N) is 1. The van der Waals surface area contributed by atoms with Crippen molar-refractivity contribution in [2.75, 3.05) is 5.73 Å². The van der Waals surface area contributed by atoms with Crippen LogP contribution in [0.15, 0.2) is 48.7 Å². The van der Waals surface area contributed by atoms with Gasteiger partial charge in [-0.05, 0) is 36.5 Å². The van der Waals surface area contributed by atoms with Gasteiger partial charge in [-0.3, -0.25) is 4.79 Å². The van der Waals surface area contributed by atoms with Gasteiger partial charge in [0.1, 0.15) is 5.69 Å². The van der Waals surface area contributed by atoms with Crippen LogP contribution in [-0.2, 0) is 0 Å². The lowest BCUT2D eigenvalue weighted by molar-refractivity contribution is 0.0926. The van der Waals surface area contributed by atoms with E-state index in [0.29, 0.717) is 17.3 Å².